The van der Waals surface area contributed by atoms with Gasteiger partial charge >= 0.3 is 0 Å². The number of thiocarbonyl (C=S) groups is 1. The third-order valence-corrected chi connectivity index (χ3v) is 4.71. The highest BCUT2D eigenvalue weighted by molar-refractivity contribution is 8.23. The van der Waals surface area contributed by atoms with Crippen LogP contribution in [0.5, 0.6) is 0 Å². The van der Waals surface area contributed by atoms with Crippen LogP contribution in [0.3, 0.4) is 0 Å². The molecular weight excluding hydrogens is 398 g/mol. The summed E-state index contributed by atoms with van der Waals surface area (Å²) >= 11 is 12.2. The highest BCUT2D eigenvalue weighted by Gasteiger charge is 2.13. The zero-order valence-corrected chi connectivity index (χ0v) is 15.9. The molecule has 0 fully saturated rings. The van der Waals surface area contributed by atoms with Gasteiger partial charge in [-0.15, -0.1) is 0 Å². The fourth-order valence-corrected chi connectivity index (χ4v) is 2.91. The fourth-order valence-electron chi connectivity index (χ4n) is 1.85. The van der Waals surface area contributed by atoms with Gasteiger partial charge in [0.2, 0.25) is 0 Å². The van der Waals surface area contributed by atoms with Crippen molar-refractivity contribution in [3.63, 3.8) is 0 Å². The van der Waals surface area contributed by atoms with Crippen LogP contribution in [0, 0.1) is 10.1 Å². The molecule has 0 saturated heterocycles. The molecule has 11 heteroatoms. The molecule has 0 saturated carbocycles. The summed E-state index contributed by atoms with van der Waals surface area (Å²) in [6.07, 6.45) is 1.50. The van der Waals surface area contributed by atoms with E-state index < -0.39 is 4.92 Å². The molecule has 3 N–H and O–H groups in total. The van der Waals surface area contributed by atoms with Gasteiger partial charge in [0.1, 0.15) is 15.0 Å². The summed E-state index contributed by atoms with van der Waals surface area (Å²) in [6, 6.07) is 7.59. The Morgan fingerprint density at radius 2 is 2.19 bits per heavy atom. The summed E-state index contributed by atoms with van der Waals surface area (Å²) in [5.41, 5.74) is 1.22. The third-order valence-electron chi connectivity index (χ3n) is 3.16. The van der Waals surface area contributed by atoms with Gasteiger partial charge in [-0.3, -0.25) is 24.9 Å². The second kappa shape index (κ2) is 8.90. The van der Waals surface area contributed by atoms with Crippen molar-refractivity contribution in [1.82, 2.24) is 4.98 Å². The molecule has 0 aliphatic heterocycles. The van der Waals surface area contributed by atoms with Crippen molar-refractivity contribution in [2.45, 2.75) is 6.92 Å². The van der Waals surface area contributed by atoms with Crippen molar-refractivity contribution in [3.05, 3.63) is 57.4 Å². The molecule has 2 aromatic rings. The van der Waals surface area contributed by atoms with Gasteiger partial charge < -0.3 is 5.32 Å². The van der Waals surface area contributed by atoms with E-state index >= 15 is 0 Å². The molecule has 1 aromatic carbocycles. The molecule has 1 aromatic heterocycles. The predicted molar refractivity (Wildman–Crippen MR) is 108 cm³/mol. The smallest absolute Gasteiger partial charge is 0.289 e. The van der Waals surface area contributed by atoms with E-state index in [1.165, 1.54) is 42.0 Å². The van der Waals surface area contributed by atoms with Gasteiger partial charge in [0.15, 0.2) is 5.78 Å². The Kier molecular flexibility index (Phi) is 6.86. The SMILES string of the molecule is CC(=O)c1ccc(N(N)CSC(=S)Nc2ccc(Cl)c([N+](=O)[O-])c2)cn1. The number of nitrogens with zero attached hydrogens (tertiary/aromatic N) is 3. The van der Waals surface area contributed by atoms with Gasteiger partial charge in [-0.05, 0) is 24.3 Å². The maximum Gasteiger partial charge on any atom is 0.289 e. The largest absolute Gasteiger partial charge is 0.341 e. The van der Waals surface area contributed by atoms with E-state index in [2.05, 4.69) is 10.3 Å². The highest BCUT2D eigenvalue weighted by Crippen LogP contribution is 2.28. The molecule has 0 bridgehead atoms. The van der Waals surface area contributed by atoms with Crippen molar-refractivity contribution >= 4 is 62.7 Å². The first-order valence-corrected chi connectivity index (χ1v) is 8.92. The number of Topliss-reactive ketones (excluding diaryl/α,β-unsaturated/α-hetero) is 1. The van der Waals surface area contributed by atoms with Gasteiger partial charge in [-0.1, -0.05) is 35.6 Å². The van der Waals surface area contributed by atoms with E-state index in [9.17, 15) is 14.9 Å². The minimum absolute atomic E-state index is 0.0498. The number of nitro groups is 1. The van der Waals surface area contributed by atoms with Crippen LogP contribution in [0.4, 0.5) is 17.1 Å². The normalized spacial score (nSPS) is 10.3. The maximum absolute atomic E-state index is 11.2. The number of carbonyl (C=O) groups excluding carboxylic acids is 1. The van der Waals surface area contributed by atoms with Crippen molar-refractivity contribution in [1.29, 1.82) is 0 Å². The van der Waals surface area contributed by atoms with Crippen LogP contribution in [0.2, 0.25) is 5.02 Å². The molecule has 0 aliphatic carbocycles. The first-order chi connectivity index (χ1) is 12.3. The minimum atomic E-state index is -0.566. The standard InChI is InChI=1S/C15H14ClN5O3S2/c1-9(22)13-5-3-11(7-18-13)20(17)8-26-15(25)19-10-2-4-12(16)14(6-10)21(23)24/h2-7H,8,17H2,1H3,(H,19,25). The van der Waals surface area contributed by atoms with Gasteiger partial charge in [0.05, 0.1) is 22.7 Å². The summed E-state index contributed by atoms with van der Waals surface area (Å²) in [4.78, 5) is 25.6. The molecule has 0 spiro atoms. The molecule has 26 heavy (non-hydrogen) atoms. The number of nitrogens with two attached hydrogens (primary N) is 1. The first kappa shape index (κ1) is 20.0. The fraction of sp³-hybridized carbons (Fsp3) is 0.133. The molecule has 0 atom stereocenters. The van der Waals surface area contributed by atoms with E-state index in [-0.39, 0.29) is 16.5 Å². The molecule has 136 valence electrons. The maximum atomic E-state index is 11.2. The molecule has 1 heterocycles. The molecular formula is C15H14ClN5O3S2. The van der Waals surface area contributed by atoms with E-state index in [0.717, 1.165) is 0 Å². The Labute approximate surface area is 163 Å². The van der Waals surface area contributed by atoms with Crippen molar-refractivity contribution in [2.24, 2.45) is 5.84 Å². The summed E-state index contributed by atoms with van der Waals surface area (Å²) in [6.45, 7) is 1.43. The monoisotopic (exact) mass is 411 g/mol. The summed E-state index contributed by atoms with van der Waals surface area (Å²) in [7, 11) is 0. The van der Waals surface area contributed by atoms with Crippen LogP contribution in [0.15, 0.2) is 36.5 Å². The van der Waals surface area contributed by atoms with Crippen LogP contribution in [0.25, 0.3) is 0 Å². The number of aromatic nitrogens is 1. The number of nitrogens with one attached hydrogen (secondary N) is 1. The number of carbonyl (C=O) groups is 1. The number of hydrogen-bond acceptors (Lipinski definition) is 8. The van der Waals surface area contributed by atoms with Crippen LogP contribution >= 0.6 is 35.6 Å². The molecule has 0 amide bonds. The third kappa shape index (κ3) is 5.36. The molecule has 8 nitrogen and oxygen atoms in total. The molecule has 0 unspecified atom stereocenters. The van der Waals surface area contributed by atoms with Crippen LogP contribution in [-0.2, 0) is 0 Å². The molecule has 0 aliphatic rings. The van der Waals surface area contributed by atoms with E-state index in [1.807, 2.05) is 0 Å². The summed E-state index contributed by atoms with van der Waals surface area (Å²) < 4.78 is 0.380. The van der Waals surface area contributed by atoms with Crippen molar-refractivity contribution in [3.8, 4) is 0 Å². The van der Waals surface area contributed by atoms with E-state index in [1.54, 1.807) is 18.2 Å². The van der Waals surface area contributed by atoms with Gasteiger partial charge in [0, 0.05) is 18.7 Å². The number of rotatable bonds is 6. The number of thioether (sulfide) groups is 1. The number of anilines is 2. The van der Waals surface area contributed by atoms with Crippen molar-refractivity contribution < 1.29 is 9.72 Å². The Hall–Kier alpha value is -2.27. The average molecular weight is 412 g/mol. The lowest BCUT2D eigenvalue weighted by Gasteiger charge is -2.18. The Bertz CT molecular complexity index is 848. The highest BCUT2D eigenvalue weighted by atomic mass is 35.5. The zero-order valence-electron chi connectivity index (χ0n) is 13.5. The zero-order chi connectivity index (χ0) is 19.3. The second-order valence-corrected chi connectivity index (χ2v) is 7.07. The Morgan fingerprint density at radius 3 is 2.77 bits per heavy atom. The Morgan fingerprint density at radius 1 is 1.46 bits per heavy atom. The number of ketones is 1. The predicted octanol–water partition coefficient (Wildman–Crippen LogP) is 3.61. The number of hydrazine groups is 1. The molecule has 0 radical (unpaired) electrons. The summed E-state index contributed by atoms with van der Waals surface area (Å²) in [5.74, 6) is 6.12. The average Bonchev–Trinajstić information content (AvgIpc) is 2.61. The van der Waals surface area contributed by atoms with Crippen molar-refractivity contribution in [2.75, 3.05) is 16.2 Å². The minimum Gasteiger partial charge on any atom is -0.341 e. The van der Waals surface area contributed by atoms with Gasteiger partial charge in [0.25, 0.3) is 5.69 Å². The second-order valence-electron chi connectivity index (χ2n) is 5.04. The number of pyridine rings is 1. The lowest BCUT2D eigenvalue weighted by Crippen LogP contribution is -2.31. The van der Waals surface area contributed by atoms with Gasteiger partial charge in [-0.25, -0.2) is 5.84 Å². The van der Waals surface area contributed by atoms with Crippen LogP contribution in [-0.4, -0.2) is 25.9 Å². The molecule has 2 rings (SSSR count). The van der Waals surface area contributed by atoms with Crippen LogP contribution in [0.1, 0.15) is 17.4 Å². The van der Waals surface area contributed by atoms with E-state index in [0.29, 0.717) is 27.3 Å². The Balaban J connectivity index is 1.93. The quantitative estimate of drug-likeness (QED) is 0.183. The lowest BCUT2D eigenvalue weighted by molar-refractivity contribution is -0.384. The number of halogens is 1. The first-order valence-electron chi connectivity index (χ1n) is 7.15. The lowest BCUT2D eigenvalue weighted by atomic mass is 10.2. The topological polar surface area (TPSA) is 114 Å². The number of nitro benzene ring substituents is 1. The number of hydrogen-bond donors (Lipinski definition) is 2. The van der Waals surface area contributed by atoms with Crippen LogP contribution < -0.4 is 16.2 Å². The summed E-state index contributed by atoms with van der Waals surface area (Å²) in [5, 5.41) is 15.3. The van der Waals surface area contributed by atoms with E-state index in [4.69, 9.17) is 29.7 Å². The van der Waals surface area contributed by atoms with Gasteiger partial charge in [-0.2, -0.15) is 0 Å². The number of benzene rings is 1.